The summed E-state index contributed by atoms with van der Waals surface area (Å²) >= 11 is 0. The maximum absolute atomic E-state index is 11.8. The summed E-state index contributed by atoms with van der Waals surface area (Å²) in [5.41, 5.74) is 4.70. The Morgan fingerprint density at radius 2 is 1.69 bits per heavy atom. The molecular weight excluding hydrogens is 446 g/mol. The number of ether oxygens (including phenoxy) is 2. The van der Waals surface area contributed by atoms with Crippen LogP contribution in [0, 0.1) is 17.2 Å². The largest absolute Gasteiger partial charge is 0.493 e. The van der Waals surface area contributed by atoms with Crippen LogP contribution in [0.3, 0.4) is 0 Å². The second-order valence-electron chi connectivity index (χ2n) is 8.95. The number of carbonyl (C=O) groups excluding carboxylic acids is 1. The van der Waals surface area contributed by atoms with E-state index >= 15 is 0 Å². The number of methoxy groups -OCH3 is 1. The molecule has 0 aliphatic rings. The molecule has 0 N–H and O–H groups in total. The van der Waals surface area contributed by atoms with Gasteiger partial charge in [0.05, 0.1) is 30.9 Å². The van der Waals surface area contributed by atoms with E-state index < -0.39 is 0 Å². The highest BCUT2D eigenvalue weighted by atomic mass is 16.5. The molecule has 0 aliphatic heterocycles. The van der Waals surface area contributed by atoms with Crippen molar-refractivity contribution in [3.63, 3.8) is 0 Å². The molecule has 0 saturated carbocycles. The standard InChI is InChI=1S/C32H35NO3/c1-3-4-7-22-36-31-9-6-5-8-29(31)19-16-26(13-10-25-11-14-28(24-33)15-12-25)23-27-17-20-30(21-18-27)32(34)35-2/h5-6,8-9,11-12,14-21,26H,3-4,7,10,13,22-23H2,1-2H3/b19-16+. The molecule has 0 radical (unpaired) electrons. The molecule has 0 aromatic heterocycles. The van der Waals surface area contributed by atoms with Gasteiger partial charge in [0.25, 0.3) is 0 Å². The Morgan fingerprint density at radius 1 is 0.972 bits per heavy atom. The van der Waals surface area contributed by atoms with Crippen LogP contribution in [0.5, 0.6) is 5.75 Å². The van der Waals surface area contributed by atoms with Crippen molar-refractivity contribution in [2.45, 2.75) is 45.4 Å². The van der Waals surface area contributed by atoms with Crippen LogP contribution in [0.25, 0.3) is 6.08 Å². The minimum Gasteiger partial charge on any atom is -0.493 e. The van der Waals surface area contributed by atoms with Crippen molar-refractivity contribution in [1.29, 1.82) is 5.26 Å². The number of para-hydroxylation sites is 1. The molecular formula is C32H35NO3. The van der Waals surface area contributed by atoms with Crippen LogP contribution in [-0.4, -0.2) is 19.7 Å². The van der Waals surface area contributed by atoms with Crippen LogP contribution in [0.4, 0.5) is 0 Å². The Labute approximate surface area is 215 Å². The average molecular weight is 482 g/mol. The van der Waals surface area contributed by atoms with Crippen LogP contribution in [0.2, 0.25) is 0 Å². The van der Waals surface area contributed by atoms with E-state index in [0.29, 0.717) is 11.1 Å². The average Bonchev–Trinajstić information content (AvgIpc) is 2.93. The smallest absolute Gasteiger partial charge is 0.337 e. The molecule has 1 atom stereocenters. The first-order valence-electron chi connectivity index (χ1n) is 12.7. The third kappa shape index (κ3) is 8.43. The fourth-order valence-corrected chi connectivity index (χ4v) is 4.09. The molecule has 3 rings (SSSR count). The fourth-order valence-electron chi connectivity index (χ4n) is 4.09. The molecule has 0 fully saturated rings. The van der Waals surface area contributed by atoms with Crippen LogP contribution in [-0.2, 0) is 17.6 Å². The maximum Gasteiger partial charge on any atom is 0.337 e. The van der Waals surface area contributed by atoms with E-state index in [1.165, 1.54) is 31.1 Å². The van der Waals surface area contributed by atoms with E-state index in [2.05, 4.69) is 31.2 Å². The Balaban J connectivity index is 1.75. The summed E-state index contributed by atoms with van der Waals surface area (Å²) in [6, 6.07) is 25.8. The highest BCUT2D eigenvalue weighted by Crippen LogP contribution is 2.24. The number of nitrogens with zero attached hydrogens (tertiary/aromatic N) is 1. The topological polar surface area (TPSA) is 59.3 Å². The number of unbranched alkanes of at least 4 members (excludes halogenated alkanes) is 2. The predicted molar refractivity (Wildman–Crippen MR) is 145 cm³/mol. The first-order valence-corrected chi connectivity index (χ1v) is 12.7. The van der Waals surface area contributed by atoms with Crippen molar-refractivity contribution in [1.82, 2.24) is 0 Å². The van der Waals surface area contributed by atoms with E-state index in [1.54, 1.807) is 0 Å². The van der Waals surface area contributed by atoms with Gasteiger partial charge in [-0.25, -0.2) is 4.79 Å². The van der Waals surface area contributed by atoms with E-state index in [1.807, 2.05) is 66.7 Å². The summed E-state index contributed by atoms with van der Waals surface area (Å²) in [6.45, 7) is 2.92. The number of esters is 1. The van der Waals surface area contributed by atoms with Gasteiger partial charge in [0, 0.05) is 5.56 Å². The van der Waals surface area contributed by atoms with Crippen molar-refractivity contribution >= 4 is 12.0 Å². The van der Waals surface area contributed by atoms with Crippen molar-refractivity contribution in [2.75, 3.05) is 13.7 Å². The van der Waals surface area contributed by atoms with Gasteiger partial charge in [0.2, 0.25) is 0 Å². The predicted octanol–water partition coefficient (Wildman–Crippen LogP) is 7.42. The number of carbonyl (C=O) groups is 1. The van der Waals surface area contributed by atoms with Crippen LogP contribution in [0.1, 0.15) is 65.2 Å². The summed E-state index contributed by atoms with van der Waals surface area (Å²) in [5.74, 6) is 0.880. The molecule has 0 heterocycles. The number of hydrogen-bond acceptors (Lipinski definition) is 4. The summed E-state index contributed by atoms with van der Waals surface area (Å²) in [6.07, 6.45) is 10.6. The number of aryl methyl sites for hydroxylation is 1. The van der Waals surface area contributed by atoms with Gasteiger partial charge in [-0.2, -0.15) is 5.26 Å². The van der Waals surface area contributed by atoms with Crippen LogP contribution < -0.4 is 4.74 Å². The highest BCUT2D eigenvalue weighted by molar-refractivity contribution is 5.89. The van der Waals surface area contributed by atoms with E-state index in [9.17, 15) is 4.79 Å². The van der Waals surface area contributed by atoms with E-state index in [4.69, 9.17) is 14.7 Å². The molecule has 4 nitrogen and oxygen atoms in total. The first-order chi connectivity index (χ1) is 17.6. The minimum absolute atomic E-state index is 0.290. The van der Waals surface area contributed by atoms with Gasteiger partial charge >= 0.3 is 5.97 Å². The Hall–Kier alpha value is -3.84. The maximum atomic E-state index is 11.8. The zero-order valence-electron chi connectivity index (χ0n) is 21.3. The zero-order chi connectivity index (χ0) is 25.6. The lowest BCUT2D eigenvalue weighted by Gasteiger charge is -2.15. The summed E-state index contributed by atoms with van der Waals surface area (Å²) < 4.78 is 10.9. The minimum atomic E-state index is -0.325. The third-order valence-corrected chi connectivity index (χ3v) is 6.23. The van der Waals surface area contributed by atoms with Gasteiger partial charge < -0.3 is 9.47 Å². The Bertz CT molecular complexity index is 1160. The molecule has 36 heavy (non-hydrogen) atoms. The molecule has 0 bridgehead atoms. The van der Waals surface area contributed by atoms with Crippen molar-refractivity contribution < 1.29 is 14.3 Å². The molecule has 3 aromatic rings. The second-order valence-corrected chi connectivity index (χ2v) is 8.95. The molecule has 1 unspecified atom stereocenters. The monoisotopic (exact) mass is 481 g/mol. The van der Waals surface area contributed by atoms with Crippen molar-refractivity contribution in [3.05, 3.63) is 107 Å². The van der Waals surface area contributed by atoms with Crippen LogP contribution >= 0.6 is 0 Å². The van der Waals surface area contributed by atoms with Gasteiger partial charge in [0.15, 0.2) is 0 Å². The van der Waals surface area contributed by atoms with Gasteiger partial charge in [-0.1, -0.05) is 74.4 Å². The molecule has 3 aromatic carbocycles. The van der Waals surface area contributed by atoms with Crippen LogP contribution in [0.15, 0.2) is 78.9 Å². The Morgan fingerprint density at radius 3 is 2.39 bits per heavy atom. The summed E-state index contributed by atoms with van der Waals surface area (Å²) in [7, 11) is 1.39. The highest BCUT2D eigenvalue weighted by Gasteiger charge is 2.10. The first kappa shape index (κ1) is 26.8. The van der Waals surface area contributed by atoms with Gasteiger partial charge in [-0.3, -0.25) is 0 Å². The van der Waals surface area contributed by atoms with E-state index in [-0.39, 0.29) is 11.9 Å². The number of rotatable bonds is 13. The second kappa shape index (κ2) is 14.5. The lowest BCUT2D eigenvalue weighted by atomic mass is 9.91. The van der Waals surface area contributed by atoms with Crippen molar-refractivity contribution in [2.24, 2.45) is 5.92 Å². The number of benzene rings is 3. The van der Waals surface area contributed by atoms with E-state index in [0.717, 1.165) is 43.6 Å². The molecule has 186 valence electrons. The van der Waals surface area contributed by atoms with Gasteiger partial charge in [-0.15, -0.1) is 0 Å². The molecule has 0 aliphatic carbocycles. The summed E-state index contributed by atoms with van der Waals surface area (Å²) in [4.78, 5) is 11.8. The molecule has 0 saturated heterocycles. The Kier molecular flexibility index (Phi) is 10.8. The quantitative estimate of drug-likeness (QED) is 0.188. The van der Waals surface area contributed by atoms with Gasteiger partial charge in [-0.05, 0) is 73.1 Å². The number of allylic oxidation sites excluding steroid dienone is 1. The van der Waals surface area contributed by atoms with Gasteiger partial charge in [0.1, 0.15) is 5.75 Å². The zero-order valence-corrected chi connectivity index (χ0v) is 21.3. The normalized spacial score (nSPS) is 11.7. The third-order valence-electron chi connectivity index (χ3n) is 6.23. The SMILES string of the molecule is CCCCCOc1ccccc1/C=C/C(CCc1ccc(C#N)cc1)Cc1ccc(C(=O)OC)cc1. The lowest BCUT2D eigenvalue weighted by molar-refractivity contribution is 0.0600. The molecule has 0 spiro atoms. The molecule has 4 heteroatoms. The fraction of sp³-hybridized carbons (Fsp3) is 0.312. The molecule has 0 amide bonds. The van der Waals surface area contributed by atoms with Crippen molar-refractivity contribution in [3.8, 4) is 11.8 Å². The summed E-state index contributed by atoms with van der Waals surface area (Å²) in [5, 5.41) is 9.06. The lowest BCUT2D eigenvalue weighted by Crippen LogP contribution is -2.05. The number of nitriles is 1. The number of hydrogen-bond donors (Lipinski definition) is 0.